The molecule has 26 heavy (non-hydrogen) atoms. The molecule has 1 amide bonds. The van der Waals surface area contributed by atoms with Crippen molar-refractivity contribution in [3.05, 3.63) is 24.3 Å². The third-order valence-corrected chi connectivity index (χ3v) is 6.70. The molecule has 2 aliphatic heterocycles. The molecule has 1 atom stereocenters. The Labute approximate surface area is 161 Å². The van der Waals surface area contributed by atoms with Gasteiger partial charge in [-0.15, -0.1) is 12.4 Å². The van der Waals surface area contributed by atoms with E-state index in [1.54, 1.807) is 24.3 Å². The van der Waals surface area contributed by atoms with E-state index in [4.69, 9.17) is 0 Å². The summed E-state index contributed by atoms with van der Waals surface area (Å²) in [5, 5.41) is 6.12. The second-order valence-corrected chi connectivity index (χ2v) is 8.65. The smallest absolute Gasteiger partial charge is 0.243 e. The zero-order valence-electron chi connectivity index (χ0n) is 15.0. The van der Waals surface area contributed by atoms with Crippen LogP contribution in [0.2, 0.25) is 0 Å². The number of hydrogen-bond acceptors (Lipinski definition) is 5. The fourth-order valence-electron chi connectivity index (χ4n) is 3.31. The van der Waals surface area contributed by atoms with Gasteiger partial charge < -0.3 is 10.6 Å². The summed E-state index contributed by atoms with van der Waals surface area (Å²) in [6.45, 7) is 6.12. The van der Waals surface area contributed by atoms with Gasteiger partial charge in [-0.05, 0) is 38.0 Å². The van der Waals surface area contributed by atoms with Crippen LogP contribution < -0.4 is 10.6 Å². The van der Waals surface area contributed by atoms with Gasteiger partial charge in [-0.1, -0.05) is 6.07 Å². The van der Waals surface area contributed by atoms with Gasteiger partial charge in [-0.25, -0.2) is 8.42 Å². The van der Waals surface area contributed by atoms with Crippen LogP contribution in [0.1, 0.15) is 19.8 Å². The van der Waals surface area contributed by atoms with Gasteiger partial charge in [0.25, 0.3) is 0 Å². The zero-order chi connectivity index (χ0) is 17.9. The maximum atomic E-state index is 12.6. The normalized spacial score (nSPS) is 22.0. The standard InChI is InChI=1S/C17H26N4O3S.ClH/c1-14-12-18-7-10-20(14)13-17(22)19-15-5-4-6-16(11-15)25(23,24)21-8-2-3-9-21;/h4-6,11,14,18H,2-3,7-10,12-13H2,1H3,(H,19,22);1H/t14-;/m1./s1. The molecule has 3 rings (SSSR count). The molecule has 0 aromatic heterocycles. The molecule has 0 aliphatic carbocycles. The van der Waals surface area contributed by atoms with E-state index in [9.17, 15) is 13.2 Å². The van der Waals surface area contributed by atoms with Crippen molar-refractivity contribution in [2.45, 2.75) is 30.7 Å². The Kier molecular flexibility index (Phi) is 7.42. The van der Waals surface area contributed by atoms with Crippen LogP contribution in [0.15, 0.2) is 29.2 Å². The van der Waals surface area contributed by atoms with Crippen LogP contribution in [0, 0.1) is 0 Å². The van der Waals surface area contributed by atoms with Crippen LogP contribution >= 0.6 is 12.4 Å². The second kappa shape index (κ2) is 9.14. The van der Waals surface area contributed by atoms with Gasteiger partial charge in [-0.3, -0.25) is 9.69 Å². The van der Waals surface area contributed by atoms with Crippen molar-refractivity contribution in [2.24, 2.45) is 0 Å². The molecule has 7 nitrogen and oxygen atoms in total. The fourth-order valence-corrected chi connectivity index (χ4v) is 4.88. The number of piperazine rings is 1. The van der Waals surface area contributed by atoms with Gasteiger partial charge in [0.1, 0.15) is 0 Å². The van der Waals surface area contributed by atoms with Gasteiger partial charge in [-0.2, -0.15) is 4.31 Å². The quantitative estimate of drug-likeness (QED) is 0.771. The minimum absolute atomic E-state index is 0. The summed E-state index contributed by atoms with van der Waals surface area (Å²) in [5.41, 5.74) is 0.521. The predicted molar refractivity (Wildman–Crippen MR) is 104 cm³/mol. The second-order valence-electron chi connectivity index (χ2n) is 6.71. The molecule has 2 fully saturated rings. The van der Waals surface area contributed by atoms with Crippen molar-refractivity contribution in [2.75, 3.05) is 44.6 Å². The first kappa shape index (κ1) is 21.1. The first-order valence-corrected chi connectivity index (χ1v) is 10.3. The number of amides is 1. The Morgan fingerprint density at radius 3 is 2.69 bits per heavy atom. The summed E-state index contributed by atoms with van der Waals surface area (Å²) < 4.78 is 26.8. The number of benzene rings is 1. The molecule has 1 aromatic rings. The molecule has 2 heterocycles. The molecule has 0 saturated carbocycles. The van der Waals surface area contributed by atoms with E-state index in [1.807, 2.05) is 0 Å². The third-order valence-electron chi connectivity index (χ3n) is 4.81. The summed E-state index contributed by atoms with van der Waals surface area (Å²) in [6.07, 6.45) is 1.80. The highest BCUT2D eigenvalue weighted by Crippen LogP contribution is 2.23. The number of halogens is 1. The van der Waals surface area contributed by atoms with Gasteiger partial charge in [0.2, 0.25) is 15.9 Å². The Morgan fingerprint density at radius 1 is 1.27 bits per heavy atom. The van der Waals surface area contributed by atoms with Crippen molar-refractivity contribution >= 4 is 34.0 Å². The van der Waals surface area contributed by atoms with E-state index in [2.05, 4.69) is 22.5 Å². The summed E-state index contributed by atoms with van der Waals surface area (Å²) in [7, 11) is -3.47. The van der Waals surface area contributed by atoms with Crippen LogP contribution in [0.5, 0.6) is 0 Å². The molecule has 146 valence electrons. The van der Waals surface area contributed by atoms with Crippen molar-refractivity contribution in [1.82, 2.24) is 14.5 Å². The number of rotatable bonds is 5. The number of nitrogens with zero attached hydrogens (tertiary/aromatic N) is 2. The molecule has 2 aliphatic rings. The Hall–Kier alpha value is -1.19. The highest BCUT2D eigenvalue weighted by molar-refractivity contribution is 7.89. The SMILES string of the molecule is C[C@@H]1CNCCN1CC(=O)Nc1cccc(S(=O)(=O)N2CCCC2)c1.Cl. The highest BCUT2D eigenvalue weighted by atomic mass is 35.5. The molecule has 0 unspecified atom stereocenters. The van der Waals surface area contributed by atoms with Crippen molar-refractivity contribution in [3.8, 4) is 0 Å². The van der Waals surface area contributed by atoms with Crippen LogP contribution in [0.4, 0.5) is 5.69 Å². The van der Waals surface area contributed by atoms with E-state index in [1.165, 1.54) is 4.31 Å². The Morgan fingerprint density at radius 2 is 2.00 bits per heavy atom. The lowest BCUT2D eigenvalue weighted by Crippen LogP contribution is -2.51. The molecule has 0 radical (unpaired) electrons. The first-order valence-electron chi connectivity index (χ1n) is 8.81. The molecule has 9 heteroatoms. The molecular formula is C17H27ClN4O3S. The largest absolute Gasteiger partial charge is 0.325 e. The lowest BCUT2D eigenvalue weighted by atomic mass is 10.2. The minimum atomic E-state index is -3.47. The number of nitrogens with one attached hydrogen (secondary N) is 2. The van der Waals surface area contributed by atoms with Gasteiger partial charge in [0.05, 0.1) is 11.4 Å². The van der Waals surface area contributed by atoms with Gasteiger partial charge >= 0.3 is 0 Å². The Bertz CT molecular complexity index is 722. The highest BCUT2D eigenvalue weighted by Gasteiger charge is 2.27. The van der Waals surface area contributed by atoms with Crippen LogP contribution in [0.25, 0.3) is 0 Å². The zero-order valence-corrected chi connectivity index (χ0v) is 16.6. The maximum Gasteiger partial charge on any atom is 0.243 e. The maximum absolute atomic E-state index is 12.6. The van der Waals surface area contributed by atoms with E-state index >= 15 is 0 Å². The molecule has 2 saturated heterocycles. The van der Waals surface area contributed by atoms with Crippen LogP contribution in [-0.2, 0) is 14.8 Å². The summed E-state index contributed by atoms with van der Waals surface area (Å²) in [6, 6.07) is 6.84. The molecular weight excluding hydrogens is 376 g/mol. The van der Waals surface area contributed by atoms with Gasteiger partial charge in [0, 0.05) is 44.5 Å². The predicted octanol–water partition coefficient (Wildman–Crippen LogP) is 1.13. The van der Waals surface area contributed by atoms with E-state index in [-0.39, 0.29) is 23.2 Å². The monoisotopic (exact) mass is 402 g/mol. The van der Waals surface area contributed by atoms with Crippen LogP contribution in [0.3, 0.4) is 0 Å². The minimum Gasteiger partial charge on any atom is -0.325 e. The van der Waals surface area contributed by atoms with Crippen molar-refractivity contribution in [1.29, 1.82) is 0 Å². The average molecular weight is 403 g/mol. The average Bonchev–Trinajstić information content (AvgIpc) is 3.12. The molecule has 2 N–H and O–H groups in total. The number of hydrogen-bond donors (Lipinski definition) is 2. The van der Waals surface area contributed by atoms with E-state index in [0.717, 1.165) is 32.5 Å². The topological polar surface area (TPSA) is 81.8 Å². The van der Waals surface area contributed by atoms with E-state index in [0.29, 0.717) is 31.4 Å². The molecule has 0 spiro atoms. The number of anilines is 1. The lowest BCUT2D eigenvalue weighted by molar-refractivity contribution is -0.118. The van der Waals surface area contributed by atoms with Crippen molar-refractivity contribution < 1.29 is 13.2 Å². The summed E-state index contributed by atoms with van der Waals surface area (Å²) in [4.78, 5) is 14.7. The molecule has 0 bridgehead atoms. The van der Waals surface area contributed by atoms with Gasteiger partial charge in [0.15, 0.2) is 0 Å². The van der Waals surface area contributed by atoms with Crippen molar-refractivity contribution in [3.63, 3.8) is 0 Å². The number of carbonyl (C=O) groups is 1. The summed E-state index contributed by atoms with van der Waals surface area (Å²) in [5.74, 6) is -0.121. The fraction of sp³-hybridized carbons (Fsp3) is 0.588. The van der Waals surface area contributed by atoms with E-state index < -0.39 is 10.0 Å². The Balaban J connectivity index is 0.00000243. The number of sulfonamides is 1. The number of carbonyl (C=O) groups excluding carboxylic acids is 1. The molecule has 1 aromatic carbocycles. The summed E-state index contributed by atoms with van der Waals surface area (Å²) >= 11 is 0. The first-order chi connectivity index (χ1) is 12.0. The lowest BCUT2D eigenvalue weighted by Gasteiger charge is -2.33. The van der Waals surface area contributed by atoms with Crippen LogP contribution in [-0.4, -0.2) is 68.8 Å². The third kappa shape index (κ3) is 4.95.